The predicted molar refractivity (Wildman–Crippen MR) is 128 cm³/mol. The molecule has 0 bridgehead atoms. The Hall–Kier alpha value is -4.18. The van der Waals surface area contributed by atoms with Crippen LogP contribution in [-0.4, -0.2) is 33.4 Å². The van der Waals surface area contributed by atoms with E-state index in [9.17, 15) is 24.5 Å². The van der Waals surface area contributed by atoms with Gasteiger partial charge in [-0.05, 0) is 49.9 Å². The molecule has 1 aromatic heterocycles. The third kappa shape index (κ3) is 4.91. The monoisotopic (exact) mass is 477 g/mol. The summed E-state index contributed by atoms with van der Waals surface area (Å²) in [5.41, 5.74) is 2.62. The van der Waals surface area contributed by atoms with Crippen molar-refractivity contribution in [1.29, 1.82) is 0 Å². The zero-order valence-electron chi connectivity index (χ0n) is 18.2. The first-order valence-electron chi connectivity index (χ1n) is 10.2. The van der Waals surface area contributed by atoms with E-state index in [1.54, 1.807) is 43.3 Å². The fourth-order valence-electron chi connectivity index (χ4n) is 3.29. The molecule has 0 atom stereocenters. The molecule has 0 radical (unpaired) electrons. The van der Waals surface area contributed by atoms with Crippen molar-refractivity contribution in [3.05, 3.63) is 86.5 Å². The average Bonchev–Trinajstić information content (AvgIpc) is 3.36. The van der Waals surface area contributed by atoms with Gasteiger partial charge in [0, 0.05) is 29.0 Å². The molecule has 0 spiro atoms. The van der Waals surface area contributed by atoms with Crippen LogP contribution in [0.15, 0.2) is 63.9 Å². The quantitative estimate of drug-likeness (QED) is 0.296. The third-order valence-electron chi connectivity index (χ3n) is 5.10. The molecule has 1 aliphatic heterocycles. The molecule has 0 aliphatic carbocycles. The number of rotatable bonds is 6. The lowest BCUT2D eigenvalue weighted by Gasteiger charge is -2.12. The molecule has 1 fully saturated rings. The van der Waals surface area contributed by atoms with Gasteiger partial charge in [0.15, 0.2) is 0 Å². The van der Waals surface area contributed by atoms with Gasteiger partial charge in [-0.2, -0.15) is 0 Å². The third-order valence-corrected chi connectivity index (χ3v) is 6.01. The number of nitrogens with zero attached hydrogens (tertiary/aromatic N) is 2. The van der Waals surface area contributed by atoms with Crippen LogP contribution in [-0.2, 0) is 9.59 Å². The summed E-state index contributed by atoms with van der Waals surface area (Å²) >= 11 is 0.709. The predicted octanol–water partition coefficient (Wildman–Crippen LogP) is 5.15. The molecule has 0 saturated carbocycles. The van der Waals surface area contributed by atoms with E-state index in [0.29, 0.717) is 40.1 Å². The molecule has 0 unspecified atom stereocenters. The Morgan fingerprint density at radius 3 is 2.56 bits per heavy atom. The number of furan rings is 1. The summed E-state index contributed by atoms with van der Waals surface area (Å²) in [4.78, 5) is 49.1. The number of amides is 3. The lowest BCUT2D eigenvalue weighted by atomic mass is 10.1. The normalized spacial score (nSPS) is 14.6. The van der Waals surface area contributed by atoms with Gasteiger partial charge in [-0.15, -0.1) is 0 Å². The molecular formula is C24H19N3O6S. The highest BCUT2D eigenvalue weighted by Gasteiger charge is 2.36. The standard InChI is InChI=1S/C24H19N3O6S/c1-14-3-7-17(8-4-14)25-22(28)13-26-23(29)21(34-24(26)30)12-18-9-10-20(33-18)16-6-5-15(2)19(11-16)27(31)32/h3-12H,13H2,1-2H3,(H,25,28). The maximum absolute atomic E-state index is 12.7. The zero-order chi connectivity index (χ0) is 24.4. The second-order valence-electron chi connectivity index (χ2n) is 7.64. The maximum atomic E-state index is 12.7. The molecule has 10 heteroatoms. The SMILES string of the molecule is Cc1ccc(NC(=O)CN2C(=O)SC(=Cc3ccc(-c4ccc(C)c([N+](=O)[O-])c4)o3)C2=O)cc1. The number of nitro groups is 1. The summed E-state index contributed by atoms with van der Waals surface area (Å²) in [7, 11) is 0. The van der Waals surface area contributed by atoms with E-state index in [-0.39, 0.29) is 10.6 Å². The first-order valence-corrected chi connectivity index (χ1v) is 11.0. The highest BCUT2D eigenvalue weighted by molar-refractivity contribution is 8.18. The minimum Gasteiger partial charge on any atom is -0.457 e. The number of aryl methyl sites for hydroxylation is 2. The van der Waals surface area contributed by atoms with Crippen molar-refractivity contribution in [3.63, 3.8) is 0 Å². The van der Waals surface area contributed by atoms with Gasteiger partial charge in [-0.3, -0.25) is 29.4 Å². The molecule has 9 nitrogen and oxygen atoms in total. The van der Waals surface area contributed by atoms with Crippen LogP contribution in [0.5, 0.6) is 0 Å². The van der Waals surface area contributed by atoms with Crippen molar-refractivity contribution >= 4 is 46.3 Å². The molecule has 2 aromatic carbocycles. The number of hydrogen-bond acceptors (Lipinski definition) is 7. The molecule has 34 heavy (non-hydrogen) atoms. The number of anilines is 1. The second kappa shape index (κ2) is 9.36. The summed E-state index contributed by atoms with van der Waals surface area (Å²) in [5, 5.41) is 13.3. The van der Waals surface area contributed by atoms with Crippen LogP contribution in [0.1, 0.15) is 16.9 Å². The summed E-state index contributed by atoms with van der Waals surface area (Å²) in [6.45, 7) is 3.16. The Kier molecular flexibility index (Phi) is 6.33. The number of nitrogens with one attached hydrogen (secondary N) is 1. The van der Waals surface area contributed by atoms with Gasteiger partial charge >= 0.3 is 0 Å². The molecule has 1 N–H and O–H groups in total. The van der Waals surface area contributed by atoms with Crippen LogP contribution < -0.4 is 5.32 Å². The van der Waals surface area contributed by atoms with E-state index in [1.807, 2.05) is 19.1 Å². The Morgan fingerprint density at radius 1 is 1.12 bits per heavy atom. The van der Waals surface area contributed by atoms with E-state index in [4.69, 9.17) is 4.42 Å². The van der Waals surface area contributed by atoms with Crippen LogP contribution in [0.4, 0.5) is 16.2 Å². The van der Waals surface area contributed by atoms with Gasteiger partial charge < -0.3 is 9.73 Å². The van der Waals surface area contributed by atoms with Crippen molar-refractivity contribution in [2.45, 2.75) is 13.8 Å². The number of benzene rings is 2. The van der Waals surface area contributed by atoms with E-state index in [1.165, 1.54) is 12.1 Å². The van der Waals surface area contributed by atoms with E-state index >= 15 is 0 Å². The number of hydrogen-bond donors (Lipinski definition) is 1. The largest absolute Gasteiger partial charge is 0.457 e. The second-order valence-corrected chi connectivity index (χ2v) is 8.64. The maximum Gasteiger partial charge on any atom is 0.294 e. The van der Waals surface area contributed by atoms with Gasteiger partial charge in [0.25, 0.3) is 16.8 Å². The number of carbonyl (C=O) groups excluding carboxylic acids is 3. The molecular weight excluding hydrogens is 458 g/mol. The van der Waals surface area contributed by atoms with Crippen LogP contribution in [0.3, 0.4) is 0 Å². The Balaban J connectivity index is 1.47. The topological polar surface area (TPSA) is 123 Å². The number of thioether (sulfide) groups is 1. The van der Waals surface area contributed by atoms with Crippen LogP contribution >= 0.6 is 11.8 Å². The van der Waals surface area contributed by atoms with Gasteiger partial charge in [-0.1, -0.05) is 29.8 Å². The van der Waals surface area contributed by atoms with Crippen LogP contribution in [0, 0.1) is 24.0 Å². The molecule has 2 heterocycles. The Labute approximate surface area is 198 Å². The molecule has 172 valence electrons. The van der Waals surface area contributed by atoms with Crippen molar-refractivity contribution in [2.75, 3.05) is 11.9 Å². The van der Waals surface area contributed by atoms with Gasteiger partial charge in [0.05, 0.1) is 9.83 Å². The van der Waals surface area contributed by atoms with Gasteiger partial charge in [-0.25, -0.2) is 0 Å². The molecule has 1 saturated heterocycles. The summed E-state index contributed by atoms with van der Waals surface area (Å²) < 4.78 is 5.72. The van der Waals surface area contributed by atoms with Crippen LogP contribution in [0.2, 0.25) is 0 Å². The molecule has 3 aromatic rings. The number of nitro benzene ring substituents is 1. The number of carbonyl (C=O) groups is 3. The minimum atomic E-state index is -0.599. The fraction of sp³-hybridized carbons (Fsp3) is 0.125. The molecule has 4 rings (SSSR count). The van der Waals surface area contributed by atoms with Crippen molar-refractivity contribution < 1.29 is 23.7 Å². The highest BCUT2D eigenvalue weighted by Crippen LogP contribution is 2.34. The summed E-state index contributed by atoms with van der Waals surface area (Å²) in [6, 6.07) is 15.1. The Morgan fingerprint density at radius 2 is 1.85 bits per heavy atom. The molecule has 3 amide bonds. The minimum absolute atomic E-state index is 0.0273. The molecule has 1 aliphatic rings. The highest BCUT2D eigenvalue weighted by atomic mass is 32.2. The van der Waals surface area contributed by atoms with E-state index in [0.717, 1.165) is 10.5 Å². The summed E-state index contributed by atoms with van der Waals surface area (Å²) in [5.74, 6) is -0.412. The first-order chi connectivity index (χ1) is 16.2. The zero-order valence-corrected chi connectivity index (χ0v) is 19.0. The van der Waals surface area contributed by atoms with E-state index in [2.05, 4.69) is 5.32 Å². The van der Waals surface area contributed by atoms with Gasteiger partial charge in [0.2, 0.25) is 5.91 Å². The Bertz CT molecular complexity index is 1340. The lowest BCUT2D eigenvalue weighted by Crippen LogP contribution is -2.36. The van der Waals surface area contributed by atoms with Crippen molar-refractivity contribution in [1.82, 2.24) is 4.90 Å². The average molecular weight is 477 g/mol. The summed E-state index contributed by atoms with van der Waals surface area (Å²) in [6.07, 6.45) is 1.41. The van der Waals surface area contributed by atoms with Gasteiger partial charge in [0.1, 0.15) is 18.1 Å². The van der Waals surface area contributed by atoms with Crippen molar-refractivity contribution in [3.8, 4) is 11.3 Å². The number of imide groups is 1. The fourth-order valence-corrected chi connectivity index (χ4v) is 4.11. The van der Waals surface area contributed by atoms with Crippen LogP contribution in [0.25, 0.3) is 17.4 Å². The van der Waals surface area contributed by atoms with E-state index < -0.39 is 28.5 Å². The van der Waals surface area contributed by atoms with Crippen molar-refractivity contribution in [2.24, 2.45) is 0 Å². The lowest BCUT2D eigenvalue weighted by molar-refractivity contribution is -0.385. The first kappa shape index (κ1) is 23.0. The smallest absolute Gasteiger partial charge is 0.294 e.